The number of aromatic nitrogens is 3. The van der Waals surface area contributed by atoms with Crippen LogP contribution in [0, 0.1) is 29.4 Å². The fourth-order valence-corrected chi connectivity index (χ4v) is 9.52. The molecule has 4 fully saturated rings. The lowest BCUT2D eigenvalue weighted by atomic mass is 9.96. The lowest BCUT2D eigenvalue weighted by molar-refractivity contribution is 0.139. The first-order valence-corrected chi connectivity index (χ1v) is 19.0. The monoisotopic (exact) mass is 717 g/mol. The molecule has 3 saturated heterocycles. The largest absolute Gasteiger partial charge is 0.508 e. The zero-order chi connectivity index (χ0) is 35.7. The number of phenolic OH excluding ortho intramolecular Hbond substituents is 1. The van der Waals surface area contributed by atoms with Crippen LogP contribution in [0.25, 0.3) is 32.9 Å². The number of benzene rings is 2. The number of phenols is 1. The van der Waals surface area contributed by atoms with Gasteiger partial charge in [0.1, 0.15) is 28.6 Å². The van der Waals surface area contributed by atoms with Crippen LogP contribution < -0.4 is 15.0 Å². The SMILES string of the molecule is C#Cc1c(F)ccc2cc(O)cc(-c3ncc4c(N5CC6CCC(C5)N6)nc(OCC5(CN6CCC(S(=O)(=O)N(C)C)CC6)CC5)nc4c3F)c12. The summed E-state index contributed by atoms with van der Waals surface area (Å²) < 4.78 is 64.7. The number of anilines is 1. The first-order chi connectivity index (χ1) is 24.4. The number of likely N-dealkylation sites (tertiary alicyclic amines) is 1. The van der Waals surface area contributed by atoms with Crippen molar-refractivity contribution in [2.24, 2.45) is 5.41 Å². The zero-order valence-corrected chi connectivity index (χ0v) is 29.5. The predicted molar refractivity (Wildman–Crippen MR) is 191 cm³/mol. The quantitative estimate of drug-likeness (QED) is 0.243. The summed E-state index contributed by atoms with van der Waals surface area (Å²) in [5, 5.41) is 15.0. The maximum atomic E-state index is 16.9. The van der Waals surface area contributed by atoms with E-state index in [1.54, 1.807) is 14.1 Å². The number of nitrogens with zero attached hydrogens (tertiary/aromatic N) is 6. The second-order valence-corrected chi connectivity index (χ2v) is 17.2. The number of hydrogen-bond donors (Lipinski definition) is 2. The van der Waals surface area contributed by atoms with E-state index in [2.05, 4.69) is 31.0 Å². The first-order valence-electron chi connectivity index (χ1n) is 17.5. The lowest BCUT2D eigenvalue weighted by Crippen LogP contribution is -2.51. The van der Waals surface area contributed by atoms with Gasteiger partial charge in [0.25, 0.3) is 0 Å². The van der Waals surface area contributed by atoms with Crippen molar-refractivity contribution in [3.05, 3.63) is 47.7 Å². The molecule has 0 spiro atoms. The molecule has 0 radical (unpaired) electrons. The Hall–Kier alpha value is -4.16. The molecular formula is C37H41F2N7O4S. The Balaban J connectivity index is 1.12. The van der Waals surface area contributed by atoms with E-state index in [0.29, 0.717) is 62.2 Å². The van der Waals surface area contributed by atoms with Crippen molar-refractivity contribution in [1.82, 2.24) is 29.5 Å². The smallest absolute Gasteiger partial charge is 0.319 e. The molecule has 268 valence electrons. The molecule has 2 unspecified atom stereocenters. The fraction of sp³-hybridized carbons (Fsp3) is 0.486. The highest BCUT2D eigenvalue weighted by molar-refractivity contribution is 7.89. The summed E-state index contributed by atoms with van der Waals surface area (Å²) in [4.78, 5) is 18.4. The Bertz CT molecular complexity index is 2170. The van der Waals surface area contributed by atoms with E-state index >= 15 is 4.39 Å². The summed E-state index contributed by atoms with van der Waals surface area (Å²) in [7, 11) is -0.126. The molecule has 0 amide bonds. The zero-order valence-electron chi connectivity index (χ0n) is 28.7. The lowest BCUT2D eigenvalue weighted by Gasteiger charge is -2.35. The van der Waals surface area contributed by atoms with Crippen molar-refractivity contribution in [2.75, 3.05) is 58.3 Å². The Morgan fingerprint density at radius 3 is 2.49 bits per heavy atom. The summed E-state index contributed by atoms with van der Waals surface area (Å²) >= 11 is 0. The van der Waals surface area contributed by atoms with E-state index in [0.717, 1.165) is 32.2 Å². The van der Waals surface area contributed by atoms with E-state index in [4.69, 9.17) is 16.1 Å². The Labute approximate surface area is 296 Å². The van der Waals surface area contributed by atoms with Crippen LogP contribution >= 0.6 is 0 Å². The third-order valence-electron chi connectivity index (χ3n) is 11.1. The molecule has 2 aromatic heterocycles. The van der Waals surface area contributed by atoms with Crippen molar-refractivity contribution in [3.8, 4) is 35.4 Å². The summed E-state index contributed by atoms with van der Waals surface area (Å²) in [6.07, 6.45) is 12.4. The first kappa shape index (κ1) is 34.0. The molecule has 5 heterocycles. The number of fused-ring (bicyclic) bond motifs is 4. The summed E-state index contributed by atoms with van der Waals surface area (Å²) in [6.45, 7) is 3.87. The van der Waals surface area contributed by atoms with Crippen LogP contribution in [0.2, 0.25) is 0 Å². The Morgan fingerprint density at radius 2 is 1.82 bits per heavy atom. The number of nitrogens with one attached hydrogen (secondary N) is 1. The Morgan fingerprint density at radius 1 is 1.10 bits per heavy atom. The summed E-state index contributed by atoms with van der Waals surface area (Å²) in [5.41, 5.74) is -0.141. The number of piperazine rings is 1. The van der Waals surface area contributed by atoms with Gasteiger partial charge in [-0.25, -0.2) is 21.5 Å². The predicted octanol–water partition coefficient (Wildman–Crippen LogP) is 4.27. The third kappa shape index (κ3) is 6.24. The van der Waals surface area contributed by atoms with E-state index in [1.165, 1.54) is 34.8 Å². The minimum atomic E-state index is -3.29. The standard InChI is InChI=1S/C37H41F2N7O4S/c1-4-27-30(38)8-5-22-15-25(47)16-28(31(22)27)33-32(39)34-29(17-40-33)35(46-18-23-6-7-24(19-46)41-23)43-36(42-34)50-21-37(11-12-37)20-45-13-9-26(10-14-45)51(48,49)44(2)3/h1,5,8,15-17,23-24,26,41,47H,6-7,9-14,18-21H2,2-3H3. The number of sulfonamides is 1. The van der Waals surface area contributed by atoms with Gasteiger partial charge in [0.2, 0.25) is 10.0 Å². The van der Waals surface area contributed by atoms with Crippen molar-refractivity contribution in [1.29, 1.82) is 0 Å². The maximum Gasteiger partial charge on any atom is 0.319 e. The molecule has 2 atom stereocenters. The number of hydrogen-bond acceptors (Lipinski definition) is 10. The highest BCUT2D eigenvalue weighted by atomic mass is 32.2. The normalized spacial score (nSPS) is 22.2. The molecule has 8 rings (SSSR count). The van der Waals surface area contributed by atoms with E-state index in [-0.39, 0.29) is 62.2 Å². The van der Waals surface area contributed by atoms with Gasteiger partial charge in [0.05, 0.1) is 22.8 Å². The number of terminal acetylenes is 1. The molecule has 1 aliphatic carbocycles. The number of piperidine rings is 1. The second kappa shape index (κ2) is 12.8. The second-order valence-electron chi connectivity index (χ2n) is 14.8. The van der Waals surface area contributed by atoms with Gasteiger partial charge in [-0.1, -0.05) is 12.0 Å². The Kier molecular flexibility index (Phi) is 8.53. The van der Waals surface area contributed by atoms with Gasteiger partial charge in [-0.15, -0.1) is 6.42 Å². The highest BCUT2D eigenvalue weighted by Gasteiger charge is 2.46. The van der Waals surface area contributed by atoms with Crippen LogP contribution in [0.4, 0.5) is 14.6 Å². The van der Waals surface area contributed by atoms with Crippen LogP contribution in [0.5, 0.6) is 11.8 Å². The van der Waals surface area contributed by atoms with Crippen LogP contribution in [-0.2, 0) is 10.0 Å². The minimum absolute atomic E-state index is 0.00931. The topological polar surface area (TPSA) is 124 Å². The maximum absolute atomic E-state index is 16.9. The van der Waals surface area contributed by atoms with Crippen molar-refractivity contribution in [3.63, 3.8) is 0 Å². The minimum Gasteiger partial charge on any atom is -0.508 e. The molecule has 11 nitrogen and oxygen atoms in total. The van der Waals surface area contributed by atoms with Gasteiger partial charge in [0, 0.05) is 68.4 Å². The fourth-order valence-electron chi connectivity index (χ4n) is 8.12. The van der Waals surface area contributed by atoms with E-state index in [1.807, 2.05) is 0 Å². The van der Waals surface area contributed by atoms with Crippen molar-refractivity contribution >= 4 is 37.5 Å². The van der Waals surface area contributed by atoms with Crippen molar-refractivity contribution < 1.29 is 27.0 Å². The molecule has 51 heavy (non-hydrogen) atoms. The molecule has 4 aromatic rings. The van der Waals surface area contributed by atoms with Gasteiger partial charge >= 0.3 is 6.01 Å². The highest BCUT2D eigenvalue weighted by Crippen LogP contribution is 2.47. The molecule has 14 heteroatoms. The molecule has 1 saturated carbocycles. The number of ether oxygens (including phenoxy) is 1. The third-order valence-corrected chi connectivity index (χ3v) is 13.4. The number of rotatable bonds is 9. The van der Waals surface area contributed by atoms with Crippen LogP contribution in [-0.4, -0.2) is 108 Å². The van der Waals surface area contributed by atoms with Gasteiger partial charge in [-0.2, -0.15) is 9.97 Å². The molecule has 2 bridgehead atoms. The summed E-state index contributed by atoms with van der Waals surface area (Å²) in [6, 6.07) is 6.12. The molecule has 3 aliphatic heterocycles. The van der Waals surface area contributed by atoms with E-state index in [9.17, 15) is 17.9 Å². The van der Waals surface area contributed by atoms with Gasteiger partial charge in [-0.3, -0.25) is 4.98 Å². The molecule has 2 aromatic carbocycles. The average Bonchev–Trinajstić information content (AvgIpc) is 3.80. The molecule has 4 aliphatic rings. The van der Waals surface area contributed by atoms with Crippen LogP contribution in [0.1, 0.15) is 44.1 Å². The number of pyridine rings is 1. The molecule has 2 N–H and O–H groups in total. The summed E-state index contributed by atoms with van der Waals surface area (Å²) in [5.74, 6) is 1.39. The number of aromatic hydroxyl groups is 1. The number of halogens is 2. The van der Waals surface area contributed by atoms with E-state index < -0.39 is 21.7 Å². The van der Waals surface area contributed by atoms with Gasteiger partial charge in [0.15, 0.2) is 5.82 Å². The average molecular weight is 718 g/mol. The van der Waals surface area contributed by atoms with Crippen LogP contribution in [0.3, 0.4) is 0 Å². The van der Waals surface area contributed by atoms with Crippen LogP contribution in [0.15, 0.2) is 30.5 Å². The molecular weight excluding hydrogens is 677 g/mol. The van der Waals surface area contributed by atoms with Crippen molar-refractivity contribution in [2.45, 2.75) is 55.9 Å². The van der Waals surface area contributed by atoms with Gasteiger partial charge < -0.3 is 25.0 Å². The van der Waals surface area contributed by atoms with Gasteiger partial charge in [-0.05, 0) is 75.2 Å².